The van der Waals surface area contributed by atoms with E-state index in [-0.39, 0.29) is 6.04 Å². The number of ether oxygens (including phenoxy) is 1. The molecule has 2 aromatic rings. The maximum Gasteiger partial charge on any atom is 0.137 e. The van der Waals surface area contributed by atoms with Crippen LogP contribution in [0.1, 0.15) is 17.3 Å². The normalized spacial score (nSPS) is 12.2. The standard InChI is InChI=1S/C15H17ClN2O/c1-17-14(10-12-5-3-4-8-18-12)11-6-7-13(16)15(9-11)19-2/h3-9,14,17H,10H2,1-2H3. The molecule has 1 atom stereocenters. The number of hydrogen-bond acceptors (Lipinski definition) is 3. The van der Waals surface area contributed by atoms with Gasteiger partial charge in [-0.3, -0.25) is 4.98 Å². The van der Waals surface area contributed by atoms with Gasteiger partial charge in [-0.05, 0) is 36.9 Å². The van der Waals surface area contributed by atoms with Gasteiger partial charge >= 0.3 is 0 Å². The van der Waals surface area contributed by atoms with E-state index in [1.165, 1.54) is 0 Å². The Hall–Kier alpha value is -1.58. The minimum absolute atomic E-state index is 0.182. The monoisotopic (exact) mass is 276 g/mol. The molecule has 1 unspecified atom stereocenters. The van der Waals surface area contributed by atoms with Crippen LogP contribution < -0.4 is 10.1 Å². The second-order valence-electron chi connectivity index (χ2n) is 4.26. The van der Waals surface area contributed by atoms with E-state index < -0.39 is 0 Å². The lowest BCUT2D eigenvalue weighted by atomic mass is 10.0. The zero-order valence-electron chi connectivity index (χ0n) is 11.1. The molecule has 0 fully saturated rings. The molecule has 0 aliphatic heterocycles. The Balaban J connectivity index is 2.22. The van der Waals surface area contributed by atoms with Crippen molar-refractivity contribution in [1.82, 2.24) is 10.3 Å². The zero-order valence-corrected chi connectivity index (χ0v) is 11.8. The Morgan fingerprint density at radius 3 is 2.79 bits per heavy atom. The molecule has 0 spiro atoms. The first kappa shape index (κ1) is 13.8. The molecule has 0 amide bonds. The summed E-state index contributed by atoms with van der Waals surface area (Å²) in [5, 5.41) is 3.92. The summed E-state index contributed by atoms with van der Waals surface area (Å²) >= 11 is 6.05. The van der Waals surface area contributed by atoms with Gasteiger partial charge in [-0.15, -0.1) is 0 Å². The highest BCUT2D eigenvalue weighted by Gasteiger charge is 2.13. The molecule has 0 saturated carbocycles. The number of aromatic nitrogens is 1. The van der Waals surface area contributed by atoms with Gasteiger partial charge in [0.15, 0.2) is 0 Å². The molecule has 0 bridgehead atoms. The SMILES string of the molecule is CNC(Cc1ccccn1)c1ccc(Cl)c(OC)c1. The molecule has 0 saturated heterocycles. The van der Waals surface area contributed by atoms with Crippen molar-refractivity contribution in [3.63, 3.8) is 0 Å². The Morgan fingerprint density at radius 2 is 2.16 bits per heavy atom. The van der Waals surface area contributed by atoms with Crippen LogP contribution in [0.4, 0.5) is 0 Å². The molecule has 2 rings (SSSR count). The molecule has 1 aromatic carbocycles. The molecule has 100 valence electrons. The number of halogens is 1. The number of pyridine rings is 1. The molecule has 3 nitrogen and oxygen atoms in total. The maximum absolute atomic E-state index is 6.05. The van der Waals surface area contributed by atoms with Crippen LogP contribution in [-0.4, -0.2) is 19.1 Å². The first-order valence-corrected chi connectivity index (χ1v) is 6.53. The number of nitrogens with one attached hydrogen (secondary N) is 1. The molecule has 4 heteroatoms. The van der Waals surface area contributed by atoms with Crippen molar-refractivity contribution in [2.24, 2.45) is 0 Å². The fourth-order valence-electron chi connectivity index (χ4n) is 2.01. The van der Waals surface area contributed by atoms with Gasteiger partial charge in [-0.2, -0.15) is 0 Å². The van der Waals surface area contributed by atoms with Gasteiger partial charge in [0.25, 0.3) is 0 Å². The third-order valence-corrected chi connectivity index (χ3v) is 3.38. The Kier molecular flexibility index (Phi) is 4.77. The van der Waals surface area contributed by atoms with Crippen molar-refractivity contribution in [2.45, 2.75) is 12.5 Å². The van der Waals surface area contributed by atoms with E-state index >= 15 is 0 Å². The summed E-state index contributed by atoms with van der Waals surface area (Å²) in [5.41, 5.74) is 2.19. The van der Waals surface area contributed by atoms with Crippen LogP contribution in [0.3, 0.4) is 0 Å². The van der Waals surface area contributed by atoms with Crippen molar-refractivity contribution in [2.75, 3.05) is 14.2 Å². The number of likely N-dealkylation sites (N-methyl/N-ethyl adjacent to an activating group) is 1. The number of rotatable bonds is 5. The van der Waals surface area contributed by atoms with Crippen molar-refractivity contribution in [3.8, 4) is 5.75 Å². The fourth-order valence-corrected chi connectivity index (χ4v) is 2.20. The van der Waals surface area contributed by atoms with Crippen molar-refractivity contribution < 1.29 is 4.74 Å². The predicted octanol–water partition coefficient (Wildman–Crippen LogP) is 3.25. The zero-order chi connectivity index (χ0) is 13.7. The maximum atomic E-state index is 6.05. The third-order valence-electron chi connectivity index (χ3n) is 3.07. The molecule has 1 heterocycles. The van der Waals surface area contributed by atoms with Gasteiger partial charge in [-0.1, -0.05) is 23.7 Å². The molecule has 1 aromatic heterocycles. The lowest BCUT2D eigenvalue weighted by molar-refractivity contribution is 0.413. The van der Waals surface area contributed by atoms with E-state index in [1.807, 2.05) is 49.6 Å². The van der Waals surface area contributed by atoms with Crippen LogP contribution in [0, 0.1) is 0 Å². The average Bonchev–Trinajstić information content (AvgIpc) is 2.46. The Morgan fingerprint density at radius 1 is 1.32 bits per heavy atom. The average molecular weight is 277 g/mol. The smallest absolute Gasteiger partial charge is 0.137 e. The minimum atomic E-state index is 0.182. The summed E-state index contributed by atoms with van der Waals surface area (Å²) in [4.78, 5) is 4.35. The van der Waals surface area contributed by atoms with E-state index in [1.54, 1.807) is 7.11 Å². The summed E-state index contributed by atoms with van der Waals surface area (Å²) in [7, 11) is 3.56. The molecule has 0 radical (unpaired) electrons. The number of hydrogen-bond donors (Lipinski definition) is 1. The van der Waals surface area contributed by atoms with Crippen LogP contribution in [0.2, 0.25) is 5.02 Å². The fraction of sp³-hybridized carbons (Fsp3) is 0.267. The van der Waals surface area contributed by atoms with E-state index in [9.17, 15) is 0 Å². The topological polar surface area (TPSA) is 34.2 Å². The van der Waals surface area contributed by atoms with Crippen LogP contribution in [0.5, 0.6) is 5.75 Å². The first-order chi connectivity index (χ1) is 9.24. The lowest BCUT2D eigenvalue weighted by Crippen LogP contribution is -2.19. The second kappa shape index (κ2) is 6.55. The van der Waals surface area contributed by atoms with Gasteiger partial charge in [-0.25, -0.2) is 0 Å². The summed E-state index contributed by atoms with van der Waals surface area (Å²) in [6, 6.07) is 12.0. The van der Waals surface area contributed by atoms with Gasteiger partial charge in [0, 0.05) is 24.4 Å². The first-order valence-electron chi connectivity index (χ1n) is 6.15. The highest BCUT2D eigenvalue weighted by Crippen LogP contribution is 2.28. The van der Waals surface area contributed by atoms with Gasteiger partial charge < -0.3 is 10.1 Å². The highest BCUT2D eigenvalue weighted by molar-refractivity contribution is 6.32. The van der Waals surface area contributed by atoms with E-state index in [4.69, 9.17) is 16.3 Å². The second-order valence-corrected chi connectivity index (χ2v) is 4.67. The van der Waals surface area contributed by atoms with Gasteiger partial charge in [0.2, 0.25) is 0 Å². The van der Waals surface area contributed by atoms with Crippen LogP contribution >= 0.6 is 11.6 Å². The summed E-state index contributed by atoms with van der Waals surface area (Å²) in [5.74, 6) is 0.695. The molecule has 0 aliphatic rings. The Labute approximate surface area is 118 Å². The Bertz CT molecular complexity index is 531. The lowest BCUT2D eigenvalue weighted by Gasteiger charge is -2.17. The quantitative estimate of drug-likeness (QED) is 0.910. The van der Waals surface area contributed by atoms with Crippen molar-refractivity contribution in [3.05, 3.63) is 58.9 Å². The van der Waals surface area contributed by atoms with Crippen LogP contribution in [0.25, 0.3) is 0 Å². The summed E-state index contributed by atoms with van der Waals surface area (Å²) in [6.07, 6.45) is 2.63. The van der Waals surface area contributed by atoms with Crippen molar-refractivity contribution >= 4 is 11.6 Å². The molecule has 19 heavy (non-hydrogen) atoms. The van der Waals surface area contributed by atoms with E-state index in [0.29, 0.717) is 10.8 Å². The highest BCUT2D eigenvalue weighted by atomic mass is 35.5. The van der Waals surface area contributed by atoms with E-state index in [0.717, 1.165) is 17.7 Å². The number of nitrogens with zero attached hydrogens (tertiary/aromatic N) is 1. The minimum Gasteiger partial charge on any atom is -0.495 e. The van der Waals surface area contributed by atoms with Crippen LogP contribution in [0.15, 0.2) is 42.6 Å². The van der Waals surface area contributed by atoms with Gasteiger partial charge in [0.05, 0.1) is 12.1 Å². The number of benzene rings is 1. The molecule has 1 N–H and O–H groups in total. The molecular weight excluding hydrogens is 260 g/mol. The third kappa shape index (κ3) is 3.46. The molecular formula is C15H17ClN2O. The molecule has 0 aliphatic carbocycles. The largest absolute Gasteiger partial charge is 0.495 e. The van der Waals surface area contributed by atoms with Gasteiger partial charge in [0.1, 0.15) is 5.75 Å². The summed E-state index contributed by atoms with van der Waals surface area (Å²) in [6.45, 7) is 0. The van der Waals surface area contributed by atoms with E-state index in [2.05, 4.69) is 10.3 Å². The summed E-state index contributed by atoms with van der Waals surface area (Å²) < 4.78 is 5.26. The van der Waals surface area contributed by atoms with Crippen LogP contribution in [-0.2, 0) is 6.42 Å². The predicted molar refractivity (Wildman–Crippen MR) is 77.7 cm³/mol. The number of methoxy groups -OCH3 is 1. The van der Waals surface area contributed by atoms with Crippen molar-refractivity contribution in [1.29, 1.82) is 0 Å².